The largest absolute Gasteiger partial charge is 0.361 e. The van der Waals surface area contributed by atoms with E-state index in [4.69, 9.17) is 10.3 Å². The van der Waals surface area contributed by atoms with Crippen LogP contribution in [-0.4, -0.2) is 29.7 Å². The van der Waals surface area contributed by atoms with Crippen LogP contribution in [0.4, 0.5) is 0 Å². The Morgan fingerprint density at radius 2 is 2.14 bits per heavy atom. The van der Waals surface area contributed by atoms with Gasteiger partial charge in [0.15, 0.2) is 0 Å². The van der Waals surface area contributed by atoms with Crippen LogP contribution in [0.5, 0.6) is 0 Å². The Bertz CT molecular complexity index is 256. The van der Waals surface area contributed by atoms with Gasteiger partial charge in [0, 0.05) is 19.0 Å². The van der Waals surface area contributed by atoms with Crippen molar-refractivity contribution in [1.82, 2.24) is 10.1 Å². The quantitative estimate of drug-likeness (QED) is 0.739. The molecule has 1 rings (SSSR count). The molecule has 0 saturated carbocycles. The van der Waals surface area contributed by atoms with Crippen LogP contribution < -0.4 is 5.73 Å². The van der Waals surface area contributed by atoms with Crippen LogP contribution in [0.1, 0.15) is 25.3 Å². The lowest BCUT2D eigenvalue weighted by atomic mass is 10.3. The van der Waals surface area contributed by atoms with E-state index in [0.717, 1.165) is 37.5 Å². The minimum Gasteiger partial charge on any atom is -0.361 e. The van der Waals surface area contributed by atoms with Gasteiger partial charge in [-0.25, -0.2) is 0 Å². The number of hydrogen-bond acceptors (Lipinski definition) is 4. The van der Waals surface area contributed by atoms with Crippen molar-refractivity contribution in [3.8, 4) is 0 Å². The fourth-order valence-electron chi connectivity index (χ4n) is 1.37. The lowest BCUT2D eigenvalue weighted by molar-refractivity contribution is 0.282. The number of aromatic nitrogens is 1. The molecular weight excluding hydrogens is 178 g/mol. The number of rotatable bonds is 6. The van der Waals surface area contributed by atoms with Crippen LogP contribution in [0.3, 0.4) is 0 Å². The van der Waals surface area contributed by atoms with Gasteiger partial charge in [-0.15, -0.1) is 0 Å². The first-order chi connectivity index (χ1) is 6.80. The first-order valence-electron chi connectivity index (χ1n) is 5.17. The number of nitrogens with zero attached hydrogens (tertiary/aromatic N) is 2. The molecule has 0 fully saturated rings. The summed E-state index contributed by atoms with van der Waals surface area (Å²) < 4.78 is 5.14. The SMILES string of the molecule is CCN(CC)Cc1cc(CCN)on1. The Hall–Kier alpha value is -0.870. The van der Waals surface area contributed by atoms with Crippen LogP contribution in [0.25, 0.3) is 0 Å². The van der Waals surface area contributed by atoms with E-state index < -0.39 is 0 Å². The highest BCUT2D eigenvalue weighted by Gasteiger charge is 2.06. The van der Waals surface area contributed by atoms with E-state index in [0.29, 0.717) is 6.54 Å². The van der Waals surface area contributed by atoms with Crippen molar-refractivity contribution >= 4 is 0 Å². The van der Waals surface area contributed by atoms with Gasteiger partial charge in [-0.2, -0.15) is 0 Å². The normalized spacial score (nSPS) is 11.1. The van der Waals surface area contributed by atoms with Crippen LogP contribution in [-0.2, 0) is 13.0 Å². The number of hydrogen-bond donors (Lipinski definition) is 1. The first kappa shape index (κ1) is 11.2. The molecule has 0 amide bonds. The molecule has 0 aliphatic heterocycles. The smallest absolute Gasteiger partial charge is 0.138 e. The fraction of sp³-hybridized carbons (Fsp3) is 0.700. The van der Waals surface area contributed by atoms with E-state index >= 15 is 0 Å². The summed E-state index contributed by atoms with van der Waals surface area (Å²) >= 11 is 0. The molecule has 0 spiro atoms. The molecule has 4 nitrogen and oxygen atoms in total. The maximum Gasteiger partial charge on any atom is 0.138 e. The molecule has 1 aromatic rings. The molecule has 0 bridgehead atoms. The van der Waals surface area contributed by atoms with Crippen molar-refractivity contribution < 1.29 is 4.52 Å². The van der Waals surface area contributed by atoms with E-state index in [1.165, 1.54) is 0 Å². The Labute approximate surface area is 85.1 Å². The van der Waals surface area contributed by atoms with Crippen LogP contribution in [0.2, 0.25) is 0 Å². The standard InChI is InChI=1S/C10H19N3O/c1-3-13(4-2)8-9-7-10(5-6-11)14-12-9/h7H,3-6,8,11H2,1-2H3. The number of nitrogens with two attached hydrogens (primary N) is 1. The second-order valence-corrected chi connectivity index (χ2v) is 3.28. The maximum absolute atomic E-state index is 5.43. The van der Waals surface area contributed by atoms with Crippen molar-refractivity contribution in [2.45, 2.75) is 26.8 Å². The molecule has 0 atom stereocenters. The van der Waals surface area contributed by atoms with Gasteiger partial charge < -0.3 is 10.3 Å². The monoisotopic (exact) mass is 197 g/mol. The molecule has 1 heterocycles. The Balaban J connectivity index is 2.49. The molecule has 2 N–H and O–H groups in total. The summed E-state index contributed by atoms with van der Waals surface area (Å²) in [7, 11) is 0. The molecular formula is C10H19N3O. The Morgan fingerprint density at radius 3 is 2.71 bits per heavy atom. The summed E-state index contributed by atoms with van der Waals surface area (Å²) in [5, 5.41) is 4.00. The second-order valence-electron chi connectivity index (χ2n) is 3.28. The van der Waals surface area contributed by atoms with Crippen LogP contribution >= 0.6 is 0 Å². The summed E-state index contributed by atoms with van der Waals surface area (Å²) in [6.45, 7) is 7.83. The molecule has 0 aliphatic carbocycles. The zero-order chi connectivity index (χ0) is 10.4. The second kappa shape index (κ2) is 5.78. The van der Waals surface area contributed by atoms with Gasteiger partial charge in [-0.3, -0.25) is 4.90 Å². The predicted molar refractivity (Wildman–Crippen MR) is 55.9 cm³/mol. The van der Waals surface area contributed by atoms with Gasteiger partial charge in [0.25, 0.3) is 0 Å². The third-order valence-electron chi connectivity index (χ3n) is 2.28. The van der Waals surface area contributed by atoms with E-state index in [-0.39, 0.29) is 0 Å². The first-order valence-corrected chi connectivity index (χ1v) is 5.17. The molecule has 14 heavy (non-hydrogen) atoms. The zero-order valence-electron chi connectivity index (χ0n) is 8.99. The van der Waals surface area contributed by atoms with E-state index in [9.17, 15) is 0 Å². The highest BCUT2D eigenvalue weighted by Crippen LogP contribution is 2.06. The fourth-order valence-corrected chi connectivity index (χ4v) is 1.37. The Morgan fingerprint density at radius 1 is 1.43 bits per heavy atom. The minimum absolute atomic E-state index is 0.611. The molecule has 0 radical (unpaired) electrons. The van der Waals surface area contributed by atoms with Crippen molar-refractivity contribution in [2.75, 3.05) is 19.6 Å². The van der Waals surface area contributed by atoms with Crippen molar-refractivity contribution in [3.63, 3.8) is 0 Å². The Kier molecular flexibility index (Phi) is 4.62. The molecule has 0 aromatic carbocycles. The predicted octanol–water partition coefficient (Wildman–Crippen LogP) is 1.02. The topological polar surface area (TPSA) is 55.3 Å². The van der Waals surface area contributed by atoms with Gasteiger partial charge in [0.2, 0.25) is 0 Å². The van der Waals surface area contributed by atoms with Crippen LogP contribution in [0.15, 0.2) is 10.6 Å². The molecule has 4 heteroatoms. The van der Waals surface area contributed by atoms with E-state index in [2.05, 4.69) is 23.9 Å². The minimum atomic E-state index is 0.611. The van der Waals surface area contributed by atoms with Gasteiger partial charge in [-0.05, 0) is 19.6 Å². The van der Waals surface area contributed by atoms with E-state index in [1.54, 1.807) is 0 Å². The van der Waals surface area contributed by atoms with Crippen LogP contribution in [0, 0.1) is 0 Å². The van der Waals surface area contributed by atoms with Gasteiger partial charge >= 0.3 is 0 Å². The summed E-state index contributed by atoms with van der Waals surface area (Å²) in [4.78, 5) is 2.30. The highest BCUT2D eigenvalue weighted by atomic mass is 16.5. The summed E-state index contributed by atoms with van der Waals surface area (Å²) in [5.41, 5.74) is 6.42. The molecule has 80 valence electrons. The molecule has 0 unspecified atom stereocenters. The lowest BCUT2D eigenvalue weighted by Crippen LogP contribution is -2.22. The summed E-state index contributed by atoms with van der Waals surface area (Å²) in [6, 6.07) is 1.99. The summed E-state index contributed by atoms with van der Waals surface area (Å²) in [5.74, 6) is 0.884. The molecule has 0 saturated heterocycles. The van der Waals surface area contributed by atoms with Crippen molar-refractivity contribution in [3.05, 3.63) is 17.5 Å². The van der Waals surface area contributed by atoms with Crippen molar-refractivity contribution in [2.24, 2.45) is 5.73 Å². The molecule has 1 aromatic heterocycles. The van der Waals surface area contributed by atoms with Gasteiger partial charge in [-0.1, -0.05) is 19.0 Å². The highest BCUT2D eigenvalue weighted by molar-refractivity contribution is 5.05. The zero-order valence-corrected chi connectivity index (χ0v) is 8.99. The van der Waals surface area contributed by atoms with Crippen molar-refractivity contribution in [1.29, 1.82) is 0 Å². The third-order valence-corrected chi connectivity index (χ3v) is 2.28. The van der Waals surface area contributed by atoms with Gasteiger partial charge in [0.1, 0.15) is 5.76 Å². The summed E-state index contributed by atoms with van der Waals surface area (Å²) in [6.07, 6.45) is 0.769. The lowest BCUT2D eigenvalue weighted by Gasteiger charge is -2.15. The third kappa shape index (κ3) is 3.12. The average molecular weight is 197 g/mol. The van der Waals surface area contributed by atoms with Gasteiger partial charge in [0.05, 0.1) is 5.69 Å². The average Bonchev–Trinajstić information content (AvgIpc) is 2.63. The molecule has 0 aliphatic rings. The maximum atomic E-state index is 5.43. The van der Waals surface area contributed by atoms with E-state index in [1.807, 2.05) is 6.07 Å².